The first kappa shape index (κ1) is 56.7. The molecule has 416 valence electrons. The van der Waals surface area contributed by atoms with Gasteiger partial charge >= 0.3 is 0 Å². The highest BCUT2D eigenvalue weighted by Crippen LogP contribution is 2.46. The Bertz CT molecular complexity index is 3240. The highest BCUT2D eigenvalue weighted by atomic mass is 16.5. The average Bonchev–Trinajstić information content (AvgIpc) is 3.68. The molecule has 4 atom stereocenters. The first-order valence-electron chi connectivity index (χ1n) is 30.8. The maximum absolute atomic E-state index is 6.73. The topological polar surface area (TPSA) is 36.9 Å². The number of hydrogen-bond donors (Lipinski definition) is 0. The summed E-state index contributed by atoms with van der Waals surface area (Å²) >= 11 is 0. The fourth-order valence-electron chi connectivity index (χ4n) is 12.2. The number of benzene rings is 10. The molecule has 0 saturated heterocycles. The van der Waals surface area contributed by atoms with E-state index in [0.717, 1.165) is 81.2 Å². The Balaban J connectivity index is 0.789. The first-order chi connectivity index (χ1) is 39.9. The molecule has 10 aromatic carbocycles. The zero-order valence-electron chi connectivity index (χ0n) is 49.0. The van der Waals surface area contributed by atoms with E-state index >= 15 is 0 Å². The molecular weight excluding hydrogens is 989 g/mol. The van der Waals surface area contributed by atoms with Crippen LogP contribution in [-0.2, 0) is 0 Å². The Morgan fingerprint density at radius 1 is 0.272 bits per heavy atom. The van der Waals surface area contributed by atoms with Gasteiger partial charge in [-0.05, 0) is 193 Å². The van der Waals surface area contributed by atoms with E-state index in [9.17, 15) is 0 Å². The van der Waals surface area contributed by atoms with Gasteiger partial charge in [-0.2, -0.15) is 0 Å². The molecule has 10 rings (SSSR count). The van der Waals surface area contributed by atoms with Crippen LogP contribution in [0, 0.1) is 11.8 Å². The summed E-state index contributed by atoms with van der Waals surface area (Å²) in [5.41, 5.74) is 9.77. The van der Waals surface area contributed by atoms with Gasteiger partial charge in [0.2, 0.25) is 0 Å². The first-order valence-corrected chi connectivity index (χ1v) is 30.8. The van der Waals surface area contributed by atoms with Crippen LogP contribution in [0.25, 0.3) is 87.6 Å². The summed E-state index contributed by atoms with van der Waals surface area (Å²) in [7, 11) is 0. The Morgan fingerprint density at radius 3 is 0.765 bits per heavy atom. The second kappa shape index (κ2) is 27.7. The van der Waals surface area contributed by atoms with Crippen molar-refractivity contribution < 1.29 is 18.9 Å². The summed E-state index contributed by atoms with van der Waals surface area (Å²) in [4.78, 5) is 0. The van der Waals surface area contributed by atoms with Gasteiger partial charge in [-0.15, -0.1) is 0 Å². The predicted octanol–water partition coefficient (Wildman–Crippen LogP) is 22.3. The molecule has 4 nitrogen and oxygen atoms in total. The van der Waals surface area contributed by atoms with Crippen molar-refractivity contribution in [1.82, 2.24) is 0 Å². The summed E-state index contributed by atoms with van der Waals surface area (Å²) in [5.74, 6) is 4.88. The van der Waals surface area contributed by atoms with Gasteiger partial charge in [0.25, 0.3) is 0 Å². The van der Waals surface area contributed by atoms with Gasteiger partial charge < -0.3 is 18.9 Å². The summed E-state index contributed by atoms with van der Waals surface area (Å²) in [6, 6.07) is 70.6. The second-order valence-electron chi connectivity index (χ2n) is 22.5. The molecule has 4 unspecified atom stereocenters. The van der Waals surface area contributed by atoms with Crippen molar-refractivity contribution >= 4 is 43.1 Å². The van der Waals surface area contributed by atoms with E-state index in [1.165, 1.54) is 126 Å². The van der Waals surface area contributed by atoms with Crippen LogP contribution in [0.2, 0.25) is 0 Å². The molecule has 81 heavy (non-hydrogen) atoms. The van der Waals surface area contributed by atoms with Crippen molar-refractivity contribution in [3.8, 4) is 67.5 Å². The average molecular weight is 1070 g/mol. The third kappa shape index (κ3) is 13.3. The molecule has 0 saturated carbocycles. The lowest BCUT2D eigenvalue weighted by atomic mass is 9.86. The minimum atomic E-state index is 0.114. The van der Waals surface area contributed by atoms with Gasteiger partial charge in [0.15, 0.2) is 0 Å². The standard InChI is InChI=1S/C77H84O4/c1-7-13-24-54(9-3)52-78-62-44-36-56(37-45-62)74-66-28-15-19-32-70(66)76(71-33-20-16-29-67(71)74)58-40-48-64(49-41-58)80-60(11-5)26-23-27-61(12-6)81-65-50-42-59(43-51-65)77-72-34-21-17-30-68(72)75(69-31-18-22-35-73(69)77)57-38-46-63(47-39-57)79-53-55(10-4)25-14-8-2/h15-22,28-51,54-55,60-61H,7-14,23-27,52-53H2,1-6H3. The molecule has 0 aromatic heterocycles. The number of rotatable bonds is 28. The van der Waals surface area contributed by atoms with Crippen LogP contribution in [0.4, 0.5) is 0 Å². The minimum absolute atomic E-state index is 0.114. The predicted molar refractivity (Wildman–Crippen MR) is 346 cm³/mol. The van der Waals surface area contributed by atoms with Crippen LogP contribution < -0.4 is 18.9 Å². The molecule has 0 radical (unpaired) electrons. The Morgan fingerprint density at radius 2 is 0.531 bits per heavy atom. The van der Waals surface area contributed by atoms with E-state index in [2.05, 4.69) is 236 Å². The third-order valence-corrected chi connectivity index (χ3v) is 17.1. The fourth-order valence-corrected chi connectivity index (χ4v) is 12.2. The van der Waals surface area contributed by atoms with Crippen LogP contribution in [0.15, 0.2) is 194 Å². The second-order valence-corrected chi connectivity index (χ2v) is 22.5. The monoisotopic (exact) mass is 1070 g/mol. The van der Waals surface area contributed by atoms with Crippen molar-refractivity contribution in [2.24, 2.45) is 11.8 Å². The summed E-state index contributed by atoms with van der Waals surface area (Å²) in [6.45, 7) is 15.1. The smallest absolute Gasteiger partial charge is 0.119 e. The van der Waals surface area contributed by atoms with E-state index in [4.69, 9.17) is 18.9 Å². The van der Waals surface area contributed by atoms with Gasteiger partial charge in [-0.1, -0.05) is 226 Å². The van der Waals surface area contributed by atoms with Gasteiger partial charge in [-0.3, -0.25) is 0 Å². The van der Waals surface area contributed by atoms with Crippen LogP contribution in [-0.4, -0.2) is 25.4 Å². The van der Waals surface area contributed by atoms with Crippen molar-refractivity contribution in [2.75, 3.05) is 13.2 Å². The number of fused-ring (bicyclic) bond motifs is 4. The molecular formula is C77H84O4. The molecule has 0 fully saturated rings. The Kier molecular flexibility index (Phi) is 19.4. The molecule has 0 spiro atoms. The lowest BCUT2D eigenvalue weighted by Gasteiger charge is -2.21. The van der Waals surface area contributed by atoms with Crippen LogP contribution in [0.5, 0.6) is 23.0 Å². The lowest BCUT2D eigenvalue weighted by Crippen LogP contribution is -2.19. The molecule has 0 bridgehead atoms. The maximum Gasteiger partial charge on any atom is 0.119 e. The molecule has 4 heteroatoms. The molecule has 0 amide bonds. The SMILES string of the molecule is CCCCC(CC)COc1ccc(-c2c3ccccc3c(-c3ccc(OC(CC)CCCC(CC)Oc4ccc(-c5c6ccccc6c(-c6ccc(OCC(CC)CCCC)cc6)c6ccccc56)cc4)cc3)c3ccccc23)cc1. The van der Waals surface area contributed by atoms with Crippen LogP contribution in [0.3, 0.4) is 0 Å². The zero-order valence-corrected chi connectivity index (χ0v) is 49.0. The van der Waals surface area contributed by atoms with E-state index < -0.39 is 0 Å². The molecule has 0 heterocycles. The summed E-state index contributed by atoms with van der Waals surface area (Å²) in [6.07, 6.45) is 14.8. The molecule has 0 aliphatic heterocycles. The van der Waals surface area contributed by atoms with Gasteiger partial charge in [0.1, 0.15) is 23.0 Å². The van der Waals surface area contributed by atoms with Crippen LogP contribution >= 0.6 is 0 Å². The van der Waals surface area contributed by atoms with Crippen molar-refractivity contribution in [3.05, 3.63) is 194 Å². The lowest BCUT2D eigenvalue weighted by molar-refractivity contribution is 0.155. The Hall–Kier alpha value is -7.56. The third-order valence-electron chi connectivity index (χ3n) is 17.1. The number of unbranched alkanes of at least 4 members (excludes halogenated alkanes) is 2. The maximum atomic E-state index is 6.73. The van der Waals surface area contributed by atoms with Gasteiger partial charge in [0.05, 0.1) is 25.4 Å². The molecule has 0 aliphatic rings. The molecule has 10 aromatic rings. The van der Waals surface area contributed by atoms with Gasteiger partial charge in [-0.25, -0.2) is 0 Å². The summed E-state index contributed by atoms with van der Waals surface area (Å²) < 4.78 is 26.1. The summed E-state index contributed by atoms with van der Waals surface area (Å²) in [5, 5.41) is 9.95. The highest BCUT2D eigenvalue weighted by molar-refractivity contribution is 6.22. The van der Waals surface area contributed by atoms with E-state index in [1.807, 2.05) is 0 Å². The van der Waals surface area contributed by atoms with Crippen molar-refractivity contribution in [3.63, 3.8) is 0 Å². The van der Waals surface area contributed by atoms with Gasteiger partial charge in [0, 0.05) is 0 Å². The minimum Gasteiger partial charge on any atom is -0.493 e. The number of ether oxygens (including phenoxy) is 4. The van der Waals surface area contributed by atoms with Crippen molar-refractivity contribution in [2.45, 2.75) is 137 Å². The van der Waals surface area contributed by atoms with E-state index in [1.54, 1.807) is 0 Å². The van der Waals surface area contributed by atoms with E-state index in [0.29, 0.717) is 11.8 Å². The Labute approximate surface area is 483 Å². The largest absolute Gasteiger partial charge is 0.493 e. The van der Waals surface area contributed by atoms with Crippen LogP contribution in [0.1, 0.15) is 125 Å². The number of hydrogen-bond acceptors (Lipinski definition) is 4. The highest BCUT2D eigenvalue weighted by Gasteiger charge is 2.21. The molecule has 0 aliphatic carbocycles. The fraction of sp³-hybridized carbons (Fsp3) is 0.325. The molecule has 0 N–H and O–H groups in total. The zero-order chi connectivity index (χ0) is 55.9. The quantitative estimate of drug-likeness (QED) is 0.0458. The van der Waals surface area contributed by atoms with E-state index in [-0.39, 0.29) is 12.2 Å². The normalized spacial score (nSPS) is 13.1. The van der Waals surface area contributed by atoms with Crippen molar-refractivity contribution in [1.29, 1.82) is 0 Å².